The van der Waals surface area contributed by atoms with Crippen molar-refractivity contribution in [3.05, 3.63) is 0 Å². The zero-order chi connectivity index (χ0) is 12.5. The summed E-state index contributed by atoms with van der Waals surface area (Å²) >= 11 is 0. The lowest BCUT2D eigenvalue weighted by molar-refractivity contribution is -0.149. The molecular formula is C13H24N2O2. The average Bonchev–Trinajstić information content (AvgIpc) is 2.23. The van der Waals surface area contributed by atoms with E-state index in [4.69, 9.17) is 4.74 Å². The van der Waals surface area contributed by atoms with E-state index in [0.29, 0.717) is 6.04 Å². The molecule has 4 heteroatoms. The van der Waals surface area contributed by atoms with Crippen LogP contribution in [0.25, 0.3) is 0 Å². The number of ether oxygens (including phenoxy) is 1. The lowest BCUT2D eigenvalue weighted by atomic mass is 9.93. The number of hydrogen-bond acceptors (Lipinski definition) is 3. The van der Waals surface area contributed by atoms with Gasteiger partial charge >= 0.3 is 0 Å². The predicted molar refractivity (Wildman–Crippen MR) is 66.8 cm³/mol. The molecular weight excluding hydrogens is 216 g/mol. The maximum absolute atomic E-state index is 12.1. The van der Waals surface area contributed by atoms with Crippen molar-refractivity contribution >= 4 is 5.91 Å². The first-order valence-corrected chi connectivity index (χ1v) is 6.64. The zero-order valence-electron chi connectivity index (χ0n) is 11.2. The highest BCUT2D eigenvalue weighted by Crippen LogP contribution is 2.23. The van der Waals surface area contributed by atoms with Gasteiger partial charge in [-0.1, -0.05) is 6.92 Å². The Labute approximate surface area is 104 Å². The highest BCUT2D eigenvalue weighted by molar-refractivity contribution is 5.77. The SMILES string of the molecule is CC1CCN(C(=O)COC2(C)CNC2)C(C)C1. The largest absolute Gasteiger partial charge is 0.363 e. The van der Waals surface area contributed by atoms with Gasteiger partial charge in [-0.05, 0) is 32.6 Å². The third kappa shape index (κ3) is 2.99. The van der Waals surface area contributed by atoms with Gasteiger partial charge in [-0.3, -0.25) is 4.79 Å². The van der Waals surface area contributed by atoms with Gasteiger partial charge in [0.05, 0.1) is 5.60 Å². The summed E-state index contributed by atoms with van der Waals surface area (Å²) in [5.41, 5.74) is -0.123. The van der Waals surface area contributed by atoms with E-state index in [1.54, 1.807) is 0 Å². The summed E-state index contributed by atoms with van der Waals surface area (Å²) in [5.74, 6) is 0.890. The van der Waals surface area contributed by atoms with Crippen molar-refractivity contribution in [3.63, 3.8) is 0 Å². The van der Waals surface area contributed by atoms with Gasteiger partial charge in [0, 0.05) is 25.7 Å². The summed E-state index contributed by atoms with van der Waals surface area (Å²) in [4.78, 5) is 14.1. The van der Waals surface area contributed by atoms with Crippen LogP contribution in [-0.4, -0.2) is 48.7 Å². The van der Waals surface area contributed by atoms with E-state index in [-0.39, 0.29) is 18.1 Å². The predicted octanol–water partition coefficient (Wildman–Crippen LogP) is 1.01. The Morgan fingerprint density at radius 3 is 2.71 bits per heavy atom. The first-order chi connectivity index (χ1) is 8.00. The lowest BCUT2D eigenvalue weighted by Crippen LogP contribution is -2.60. The molecule has 0 aromatic rings. The molecule has 0 saturated carbocycles. The first kappa shape index (κ1) is 12.8. The Hall–Kier alpha value is -0.610. The third-order valence-electron chi connectivity index (χ3n) is 4.00. The van der Waals surface area contributed by atoms with Gasteiger partial charge in [-0.25, -0.2) is 0 Å². The highest BCUT2D eigenvalue weighted by atomic mass is 16.5. The second kappa shape index (κ2) is 4.94. The fraction of sp³-hybridized carbons (Fsp3) is 0.923. The minimum absolute atomic E-state index is 0.123. The normalized spacial score (nSPS) is 32.1. The number of nitrogens with zero attached hydrogens (tertiary/aromatic N) is 1. The second-order valence-corrected chi connectivity index (χ2v) is 5.91. The molecule has 0 spiro atoms. The van der Waals surface area contributed by atoms with Crippen LogP contribution in [0.15, 0.2) is 0 Å². The molecule has 17 heavy (non-hydrogen) atoms. The molecule has 0 radical (unpaired) electrons. The van der Waals surface area contributed by atoms with Gasteiger partial charge in [0.15, 0.2) is 0 Å². The van der Waals surface area contributed by atoms with E-state index in [1.807, 2.05) is 4.90 Å². The van der Waals surface area contributed by atoms with Crippen LogP contribution in [0.1, 0.15) is 33.6 Å². The average molecular weight is 240 g/mol. The topological polar surface area (TPSA) is 41.6 Å². The molecule has 1 amide bonds. The van der Waals surface area contributed by atoms with E-state index in [0.717, 1.165) is 38.4 Å². The molecule has 98 valence electrons. The van der Waals surface area contributed by atoms with E-state index >= 15 is 0 Å². The quantitative estimate of drug-likeness (QED) is 0.800. The molecule has 0 aliphatic carbocycles. The van der Waals surface area contributed by atoms with Crippen LogP contribution in [0, 0.1) is 5.92 Å². The molecule has 2 unspecified atom stereocenters. The number of carbonyl (C=O) groups excluding carboxylic acids is 1. The van der Waals surface area contributed by atoms with Crippen molar-refractivity contribution in [2.24, 2.45) is 5.92 Å². The fourth-order valence-electron chi connectivity index (χ4n) is 2.68. The van der Waals surface area contributed by atoms with Crippen molar-refractivity contribution < 1.29 is 9.53 Å². The smallest absolute Gasteiger partial charge is 0.248 e. The van der Waals surface area contributed by atoms with Crippen molar-refractivity contribution in [2.45, 2.75) is 45.3 Å². The van der Waals surface area contributed by atoms with Gasteiger partial charge < -0.3 is 15.0 Å². The van der Waals surface area contributed by atoms with Crippen LogP contribution in [0.3, 0.4) is 0 Å². The van der Waals surface area contributed by atoms with Crippen LogP contribution < -0.4 is 5.32 Å². The molecule has 2 heterocycles. The summed E-state index contributed by atoms with van der Waals surface area (Å²) in [5, 5.41) is 3.17. The van der Waals surface area contributed by atoms with Crippen molar-refractivity contribution in [1.82, 2.24) is 10.2 Å². The van der Waals surface area contributed by atoms with E-state index in [2.05, 4.69) is 26.1 Å². The van der Waals surface area contributed by atoms with Gasteiger partial charge in [0.25, 0.3) is 0 Å². The first-order valence-electron chi connectivity index (χ1n) is 6.64. The van der Waals surface area contributed by atoms with Gasteiger partial charge in [-0.2, -0.15) is 0 Å². The highest BCUT2D eigenvalue weighted by Gasteiger charge is 2.34. The molecule has 0 aromatic carbocycles. The maximum Gasteiger partial charge on any atom is 0.248 e. The Balaban J connectivity index is 1.79. The van der Waals surface area contributed by atoms with Crippen molar-refractivity contribution in [1.29, 1.82) is 0 Å². The second-order valence-electron chi connectivity index (χ2n) is 5.91. The number of rotatable bonds is 3. The van der Waals surface area contributed by atoms with Crippen molar-refractivity contribution in [2.75, 3.05) is 26.2 Å². The number of nitrogens with one attached hydrogen (secondary N) is 1. The standard InChI is InChI=1S/C13H24N2O2/c1-10-4-5-15(11(2)6-10)12(16)7-17-13(3)8-14-9-13/h10-11,14H,4-9H2,1-3H3. The Bertz CT molecular complexity index is 289. The molecule has 1 N–H and O–H groups in total. The molecule has 2 atom stereocenters. The summed E-state index contributed by atoms with van der Waals surface area (Å²) in [6.07, 6.45) is 2.24. The van der Waals surface area contributed by atoms with Gasteiger partial charge in [0.1, 0.15) is 6.61 Å². The number of carbonyl (C=O) groups is 1. The molecule has 2 saturated heterocycles. The van der Waals surface area contributed by atoms with Crippen LogP contribution in [0.5, 0.6) is 0 Å². The Kier molecular flexibility index (Phi) is 3.73. The Morgan fingerprint density at radius 1 is 1.47 bits per heavy atom. The van der Waals surface area contributed by atoms with Crippen molar-refractivity contribution in [3.8, 4) is 0 Å². The molecule has 4 nitrogen and oxygen atoms in total. The van der Waals surface area contributed by atoms with E-state index in [1.165, 1.54) is 0 Å². The van der Waals surface area contributed by atoms with Gasteiger partial charge in [0.2, 0.25) is 5.91 Å². The maximum atomic E-state index is 12.1. The fourth-order valence-corrected chi connectivity index (χ4v) is 2.68. The number of piperidine rings is 1. The molecule has 0 bridgehead atoms. The Morgan fingerprint density at radius 2 is 2.18 bits per heavy atom. The minimum atomic E-state index is -0.123. The van der Waals surface area contributed by atoms with E-state index in [9.17, 15) is 4.79 Å². The molecule has 2 aliphatic rings. The summed E-state index contributed by atoms with van der Waals surface area (Å²) in [7, 11) is 0. The van der Waals surface area contributed by atoms with Crippen LogP contribution >= 0.6 is 0 Å². The third-order valence-corrected chi connectivity index (χ3v) is 4.00. The molecule has 2 fully saturated rings. The van der Waals surface area contributed by atoms with Crippen LogP contribution in [0.2, 0.25) is 0 Å². The van der Waals surface area contributed by atoms with Crippen LogP contribution in [0.4, 0.5) is 0 Å². The lowest BCUT2D eigenvalue weighted by Gasteiger charge is -2.41. The summed E-state index contributed by atoms with van der Waals surface area (Å²) < 4.78 is 5.70. The minimum Gasteiger partial charge on any atom is -0.363 e. The van der Waals surface area contributed by atoms with Gasteiger partial charge in [-0.15, -0.1) is 0 Å². The molecule has 2 aliphatic heterocycles. The summed E-state index contributed by atoms with van der Waals surface area (Å²) in [6.45, 7) is 9.28. The molecule has 2 rings (SSSR count). The number of likely N-dealkylation sites (tertiary alicyclic amines) is 1. The number of amides is 1. The van der Waals surface area contributed by atoms with E-state index < -0.39 is 0 Å². The monoisotopic (exact) mass is 240 g/mol. The summed E-state index contributed by atoms with van der Waals surface area (Å²) in [6, 6.07) is 0.363. The molecule has 0 aromatic heterocycles. The zero-order valence-corrected chi connectivity index (χ0v) is 11.2. The number of hydrogen-bond donors (Lipinski definition) is 1. The van der Waals surface area contributed by atoms with Crippen LogP contribution in [-0.2, 0) is 9.53 Å².